The van der Waals surface area contributed by atoms with Crippen molar-refractivity contribution in [2.24, 2.45) is 0 Å². The normalized spacial score (nSPS) is 11.6. The first kappa shape index (κ1) is 13.9. The van der Waals surface area contributed by atoms with E-state index in [9.17, 15) is 4.79 Å². The van der Waals surface area contributed by atoms with Gasteiger partial charge in [-0.1, -0.05) is 19.9 Å². The zero-order valence-electron chi connectivity index (χ0n) is 11.9. The number of thiol groups is 1. The Morgan fingerprint density at radius 3 is 2.71 bits per heavy atom. The van der Waals surface area contributed by atoms with Gasteiger partial charge < -0.3 is 10.2 Å². The molecule has 3 rings (SSSR count). The van der Waals surface area contributed by atoms with Crippen molar-refractivity contribution in [1.29, 1.82) is 0 Å². The minimum atomic E-state index is -0.0794. The van der Waals surface area contributed by atoms with Crippen LogP contribution in [0.2, 0.25) is 0 Å². The van der Waals surface area contributed by atoms with Gasteiger partial charge in [-0.2, -0.15) is 17.6 Å². The van der Waals surface area contributed by atoms with E-state index in [-0.39, 0.29) is 11.1 Å². The number of fused-ring (bicyclic) bond motifs is 2. The third-order valence-electron chi connectivity index (χ3n) is 3.64. The van der Waals surface area contributed by atoms with Crippen LogP contribution in [0.25, 0.3) is 22.1 Å². The Bertz CT molecular complexity index is 900. The summed E-state index contributed by atoms with van der Waals surface area (Å²) in [5.74, 6) is 1.12. The minimum Gasteiger partial charge on any atom is -0.437 e. The summed E-state index contributed by atoms with van der Waals surface area (Å²) >= 11 is 4.20. The Morgan fingerprint density at radius 2 is 2.05 bits per heavy atom. The second-order valence-electron chi connectivity index (χ2n) is 5.39. The third-order valence-corrected chi connectivity index (χ3v) is 3.98. The highest BCUT2D eigenvalue weighted by Gasteiger charge is 2.12. The highest BCUT2D eigenvalue weighted by Crippen LogP contribution is 2.24. The van der Waals surface area contributed by atoms with E-state index >= 15 is 0 Å². The van der Waals surface area contributed by atoms with Crippen LogP contribution in [0.3, 0.4) is 0 Å². The van der Waals surface area contributed by atoms with Crippen molar-refractivity contribution in [1.82, 2.24) is 4.98 Å². The van der Waals surface area contributed by atoms with Crippen LogP contribution in [0, 0.1) is 0 Å². The maximum Gasteiger partial charge on any atom is 0.232 e. The number of anilines is 1. The lowest BCUT2D eigenvalue weighted by atomic mass is 10.0. The predicted molar refractivity (Wildman–Crippen MR) is 89.0 cm³/mol. The van der Waals surface area contributed by atoms with Gasteiger partial charge in [-0.3, -0.25) is 4.79 Å². The summed E-state index contributed by atoms with van der Waals surface area (Å²) in [5.41, 5.74) is 8.39. The summed E-state index contributed by atoms with van der Waals surface area (Å²) in [5, 5.41) is 1.02. The Kier molecular flexibility index (Phi) is 3.37. The van der Waals surface area contributed by atoms with Gasteiger partial charge in [-0.25, -0.2) is 0 Å². The molecule has 2 aromatic heterocycles. The van der Waals surface area contributed by atoms with Gasteiger partial charge in [0.2, 0.25) is 11.1 Å². The number of nitrogens with zero attached hydrogens (tertiary/aromatic N) is 1. The topological polar surface area (TPSA) is 69.1 Å². The molecule has 2 N–H and O–H groups in total. The quantitative estimate of drug-likeness (QED) is 0.561. The first-order valence-electron chi connectivity index (χ1n) is 6.78. The molecule has 4 nitrogen and oxygen atoms in total. The molecule has 0 amide bonds. The third kappa shape index (κ3) is 2.27. The molecular weight excluding hydrogens is 284 g/mol. The van der Waals surface area contributed by atoms with Gasteiger partial charge >= 0.3 is 0 Å². The second kappa shape index (κ2) is 5.07. The molecule has 0 saturated heterocycles. The van der Waals surface area contributed by atoms with Crippen molar-refractivity contribution in [3.05, 3.63) is 45.6 Å². The molecule has 21 heavy (non-hydrogen) atoms. The van der Waals surface area contributed by atoms with Gasteiger partial charge in [0, 0.05) is 11.3 Å². The maximum atomic E-state index is 12.7. The Morgan fingerprint density at radius 1 is 1.29 bits per heavy atom. The average Bonchev–Trinajstić information content (AvgIpc) is 2.46. The highest BCUT2D eigenvalue weighted by atomic mass is 32.1. The van der Waals surface area contributed by atoms with Gasteiger partial charge in [0.1, 0.15) is 11.4 Å². The molecule has 0 fully saturated rings. The molecule has 2 heterocycles. The number of hydrogen-bond donors (Lipinski definition) is 2. The van der Waals surface area contributed by atoms with Crippen molar-refractivity contribution in [3.63, 3.8) is 0 Å². The van der Waals surface area contributed by atoms with Crippen LogP contribution >= 0.6 is 12.6 Å². The minimum absolute atomic E-state index is 0.0794. The fraction of sp³-hybridized carbons (Fsp3) is 0.250. The molecule has 0 aliphatic heterocycles. The molecule has 0 saturated carbocycles. The van der Waals surface area contributed by atoms with Crippen LogP contribution in [0.1, 0.15) is 30.9 Å². The van der Waals surface area contributed by atoms with E-state index in [1.54, 1.807) is 6.07 Å². The van der Waals surface area contributed by atoms with Crippen LogP contribution in [-0.2, 0) is 5.75 Å². The largest absolute Gasteiger partial charge is 0.437 e. The monoisotopic (exact) mass is 300 g/mol. The molecule has 0 unspecified atom stereocenters. The number of nitrogen functional groups attached to an aromatic ring is 1. The summed E-state index contributed by atoms with van der Waals surface area (Å²) in [4.78, 5) is 16.9. The second-order valence-corrected chi connectivity index (χ2v) is 5.70. The average molecular weight is 300 g/mol. The van der Waals surface area contributed by atoms with Crippen LogP contribution in [-0.4, -0.2) is 4.98 Å². The number of nitrogens with two attached hydrogens (primary N) is 1. The number of rotatable bonds is 2. The molecular formula is C16H16N2O2S. The molecule has 108 valence electrons. The van der Waals surface area contributed by atoms with E-state index in [0.717, 1.165) is 11.1 Å². The van der Waals surface area contributed by atoms with Crippen LogP contribution in [0.15, 0.2) is 33.5 Å². The summed E-state index contributed by atoms with van der Waals surface area (Å²) in [7, 11) is 0. The maximum absolute atomic E-state index is 12.7. The van der Waals surface area contributed by atoms with Crippen LogP contribution in [0.5, 0.6) is 0 Å². The Labute approximate surface area is 127 Å². The lowest BCUT2D eigenvalue weighted by Crippen LogP contribution is -2.06. The van der Waals surface area contributed by atoms with Gasteiger partial charge in [-0.15, -0.1) is 0 Å². The van der Waals surface area contributed by atoms with Crippen LogP contribution < -0.4 is 11.2 Å². The molecule has 0 atom stereocenters. The van der Waals surface area contributed by atoms with Gasteiger partial charge in [-0.05, 0) is 29.7 Å². The van der Waals surface area contributed by atoms with E-state index < -0.39 is 0 Å². The zero-order chi connectivity index (χ0) is 15.1. The summed E-state index contributed by atoms with van der Waals surface area (Å²) in [6, 6.07) is 7.39. The molecule has 0 spiro atoms. The van der Waals surface area contributed by atoms with Crippen molar-refractivity contribution in [3.8, 4) is 0 Å². The molecule has 0 radical (unpaired) electrons. The molecule has 5 heteroatoms. The van der Waals surface area contributed by atoms with Crippen molar-refractivity contribution in [2.45, 2.75) is 25.5 Å². The number of hydrogen-bond acceptors (Lipinski definition) is 5. The summed E-state index contributed by atoms with van der Waals surface area (Å²) < 4.78 is 5.73. The fourth-order valence-electron chi connectivity index (χ4n) is 2.34. The first-order chi connectivity index (χ1) is 10.0. The highest BCUT2D eigenvalue weighted by molar-refractivity contribution is 7.79. The number of pyridine rings is 1. The van der Waals surface area contributed by atoms with E-state index in [1.165, 1.54) is 0 Å². The summed E-state index contributed by atoms with van der Waals surface area (Å²) in [6.45, 7) is 4.18. The van der Waals surface area contributed by atoms with Gasteiger partial charge in [0.15, 0.2) is 0 Å². The Balaban J connectivity index is 2.41. The predicted octanol–water partition coefficient (Wildman–Crippen LogP) is 3.48. The standard InChI is InChI=1S/C16H16N2O2S/c1-8(2)9-3-4-13-11(5-9)14(19)12-6-10(7-21)15(17)18-16(12)20-13/h3-6,8,21H,7H2,1-2H3,(H2,17,18). The molecule has 3 aromatic rings. The van der Waals surface area contributed by atoms with E-state index in [0.29, 0.717) is 33.8 Å². The number of aromatic nitrogens is 1. The SMILES string of the molecule is CC(C)c1ccc2oc3nc(N)c(CS)cc3c(=O)c2c1. The summed E-state index contributed by atoms with van der Waals surface area (Å²) in [6.07, 6.45) is 0. The van der Waals surface area contributed by atoms with Crippen molar-refractivity contribution in [2.75, 3.05) is 5.73 Å². The lowest BCUT2D eigenvalue weighted by Gasteiger charge is -2.08. The molecule has 0 aliphatic carbocycles. The van der Waals surface area contributed by atoms with Crippen molar-refractivity contribution >= 4 is 40.5 Å². The first-order valence-corrected chi connectivity index (χ1v) is 7.41. The van der Waals surface area contributed by atoms with E-state index in [2.05, 4.69) is 31.5 Å². The Hall–Kier alpha value is -2.01. The molecule has 1 aromatic carbocycles. The number of benzene rings is 1. The van der Waals surface area contributed by atoms with Gasteiger partial charge in [0.05, 0.1) is 10.8 Å². The molecule has 0 aliphatic rings. The van der Waals surface area contributed by atoms with Crippen LogP contribution in [0.4, 0.5) is 5.82 Å². The smallest absolute Gasteiger partial charge is 0.232 e. The van der Waals surface area contributed by atoms with E-state index in [1.807, 2.05) is 18.2 Å². The van der Waals surface area contributed by atoms with Crippen molar-refractivity contribution < 1.29 is 4.42 Å². The lowest BCUT2D eigenvalue weighted by molar-refractivity contribution is 0.645. The van der Waals surface area contributed by atoms with Gasteiger partial charge in [0.25, 0.3) is 0 Å². The zero-order valence-corrected chi connectivity index (χ0v) is 12.8. The van der Waals surface area contributed by atoms with E-state index in [4.69, 9.17) is 10.2 Å². The fourth-order valence-corrected chi connectivity index (χ4v) is 2.59. The molecule has 0 bridgehead atoms.